The van der Waals surface area contributed by atoms with Crippen LogP contribution >= 0.6 is 0 Å². The summed E-state index contributed by atoms with van der Waals surface area (Å²) in [4.78, 5) is 32.0. The van der Waals surface area contributed by atoms with Gasteiger partial charge in [0, 0.05) is 18.7 Å². The predicted octanol–water partition coefficient (Wildman–Crippen LogP) is 3.44. The van der Waals surface area contributed by atoms with E-state index in [-0.39, 0.29) is 11.5 Å². The number of likely N-dealkylation sites (N-methyl/N-ethyl adjacent to an activating group) is 1. The van der Waals surface area contributed by atoms with Crippen LogP contribution in [0.3, 0.4) is 0 Å². The van der Waals surface area contributed by atoms with Gasteiger partial charge >= 0.3 is 0 Å². The van der Waals surface area contributed by atoms with Crippen LogP contribution in [-0.4, -0.2) is 46.5 Å². The Morgan fingerprint density at radius 1 is 1.03 bits per heavy atom. The quantitative estimate of drug-likeness (QED) is 0.606. The van der Waals surface area contributed by atoms with E-state index in [1.54, 1.807) is 11.5 Å². The zero-order valence-corrected chi connectivity index (χ0v) is 19.2. The molecule has 1 amide bonds. The Morgan fingerprint density at radius 3 is 2.32 bits per heavy atom. The van der Waals surface area contributed by atoms with Gasteiger partial charge in [0.1, 0.15) is 5.69 Å². The first-order chi connectivity index (χ1) is 14.8. The number of nitrogens with zero attached hydrogens (tertiary/aromatic N) is 3. The van der Waals surface area contributed by atoms with Crippen molar-refractivity contribution in [2.24, 2.45) is 0 Å². The number of aryl methyl sites for hydroxylation is 3. The molecule has 0 fully saturated rings. The number of hydrogen-bond acceptors (Lipinski definition) is 4. The molecular weight excluding hydrogens is 388 g/mol. The second-order valence-electron chi connectivity index (χ2n) is 7.99. The summed E-state index contributed by atoms with van der Waals surface area (Å²) in [7, 11) is 0. The van der Waals surface area contributed by atoms with Gasteiger partial charge in [-0.2, -0.15) is 0 Å². The van der Waals surface area contributed by atoms with Gasteiger partial charge in [-0.25, -0.2) is 4.98 Å². The number of aromatic nitrogens is 2. The molecule has 1 heterocycles. The van der Waals surface area contributed by atoms with Crippen LogP contribution in [0.2, 0.25) is 0 Å². The highest BCUT2D eigenvalue weighted by Crippen LogP contribution is 2.18. The first kappa shape index (κ1) is 22.7. The van der Waals surface area contributed by atoms with Crippen molar-refractivity contribution in [1.82, 2.24) is 19.8 Å². The van der Waals surface area contributed by atoms with E-state index in [9.17, 15) is 9.59 Å². The second kappa shape index (κ2) is 9.88. The second-order valence-corrected chi connectivity index (χ2v) is 7.99. The van der Waals surface area contributed by atoms with Crippen LogP contribution in [0.5, 0.6) is 0 Å². The summed E-state index contributed by atoms with van der Waals surface area (Å²) in [5.74, 6) is -0.0767. The minimum Gasteiger partial charge on any atom is -0.351 e. The van der Waals surface area contributed by atoms with Crippen LogP contribution in [0.1, 0.15) is 46.6 Å². The van der Waals surface area contributed by atoms with Crippen LogP contribution in [0.25, 0.3) is 11.0 Å². The molecule has 1 N–H and O–H groups in total. The topological polar surface area (TPSA) is 67.2 Å². The molecular formula is C25H32N4O2. The molecule has 3 aromatic rings. The molecule has 0 aliphatic carbocycles. The number of fused-ring (bicyclic) bond motifs is 1. The molecule has 31 heavy (non-hydrogen) atoms. The van der Waals surface area contributed by atoms with E-state index in [0.717, 1.165) is 47.4 Å². The van der Waals surface area contributed by atoms with Crippen molar-refractivity contribution in [3.05, 3.63) is 74.7 Å². The Kier molecular flexibility index (Phi) is 7.23. The summed E-state index contributed by atoms with van der Waals surface area (Å²) >= 11 is 0. The maximum Gasteiger partial charge on any atom is 0.272 e. The molecule has 3 rings (SSSR count). The van der Waals surface area contributed by atoms with Gasteiger partial charge in [-0.1, -0.05) is 26.0 Å². The summed E-state index contributed by atoms with van der Waals surface area (Å²) in [5.41, 5.74) is 5.92. The molecule has 6 nitrogen and oxygen atoms in total. The Labute approximate surface area is 183 Å². The van der Waals surface area contributed by atoms with Gasteiger partial charge in [0.05, 0.1) is 17.6 Å². The summed E-state index contributed by atoms with van der Waals surface area (Å²) in [5, 5.41) is 2.98. The Morgan fingerprint density at radius 2 is 1.68 bits per heavy atom. The van der Waals surface area contributed by atoms with E-state index >= 15 is 0 Å². The maximum atomic E-state index is 12.8. The van der Waals surface area contributed by atoms with E-state index in [4.69, 9.17) is 0 Å². The van der Waals surface area contributed by atoms with Crippen molar-refractivity contribution in [1.29, 1.82) is 0 Å². The SMILES string of the molecule is CCN(CC)CCNC(=O)c1ccc(Cn2c(=O)c(C)nc3cc(C)c(C)cc32)cc1. The average Bonchev–Trinajstić information content (AvgIpc) is 2.76. The zero-order chi connectivity index (χ0) is 22.5. The van der Waals surface area contributed by atoms with Gasteiger partial charge in [0.25, 0.3) is 11.5 Å². The fourth-order valence-corrected chi connectivity index (χ4v) is 3.70. The molecule has 0 saturated heterocycles. The number of nitrogens with one attached hydrogen (secondary N) is 1. The standard InChI is InChI=1S/C25H32N4O2/c1-6-28(7-2)13-12-26-24(30)21-10-8-20(9-11-21)16-29-23-15-18(4)17(3)14-22(23)27-19(5)25(29)31/h8-11,14-15H,6-7,12-13,16H2,1-5H3,(H,26,30). The molecule has 0 atom stereocenters. The molecule has 0 bridgehead atoms. The zero-order valence-electron chi connectivity index (χ0n) is 19.2. The van der Waals surface area contributed by atoms with E-state index < -0.39 is 0 Å². The lowest BCUT2D eigenvalue weighted by Crippen LogP contribution is -2.34. The highest BCUT2D eigenvalue weighted by atomic mass is 16.1. The van der Waals surface area contributed by atoms with Gasteiger partial charge in [0.15, 0.2) is 0 Å². The Balaban J connectivity index is 1.78. The van der Waals surface area contributed by atoms with Gasteiger partial charge in [0.2, 0.25) is 0 Å². The molecule has 2 aromatic carbocycles. The van der Waals surface area contributed by atoms with E-state index in [2.05, 4.69) is 29.0 Å². The minimum atomic E-state index is -0.0889. The van der Waals surface area contributed by atoms with Crippen LogP contribution in [-0.2, 0) is 6.54 Å². The van der Waals surface area contributed by atoms with E-state index in [1.165, 1.54) is 0 Å². The molecule has 164 valence electrons. The lowest BCUT2D eigenvalue weighted by molar-refractivity contribution is 0.0949. The van der Waals surface area contributed by atoms with Crippen molar-refractivity contribution < 1.29 is 4.79 Å². The van der Waals surface area contributed by atoms with Gasteiger partial charge < -0.3 is 14.8 Å². The van der Waals surface area contributed by atoms with E-state index in [0.29, 0.717) is 24.3 Å². The van der Waals surface area contributed by atoms with Gasteiger partial charge in [-0.3, -0.25) is 9.59 Å². The largest absolute Gasteiger partial charge is 0.351 e. The normalized spacial score (nSPS) is 11.3. The number of carbonyl (C=O) groups excluding carboxylic acids is 1. The van der Waals surface area contributed by atoms with Gasteiger partial charge in [-0.05, 0) is 74.8 Å². The number of benzene rings is 2. The first-order valence-electron chi connectivity index (χ1n) is 10.9. The average molecular weight is 421 g/mol. The van der Waals surface area contributed by atoms with E-state index in [1.807, 2.05) is 50.2 Å². The van der Waals surface area contributed by atoms with Crippen LogP contribution in [0.4, 0.5) is 0 Å². The van der Waals surface area contributed by atoms with Crippen molar-refractivity contribution in [3.63, 3.8) is 0 Å². The number of carbonyl (C=O) groups is 1. The molecule has 1 aromatic heterocycles. The summed E-state index contributed by atoms with van der Waals surface area (Å²) in [6.07, 6.45) is 0. The number of hydrogen-bond donors (Lipinski definition) is 1. The highest BCUT2D eigenvalue weighted by molar-refractivity contribution is 5.94. The van der Waals surface area contributed by atoms with Crippen molar-refractivity contribution in [3.8, 4) is 0 Å². The predicted molar refractivity (Wildman–Crippen MR) is 126 cm³/mol. The van der Waals surface area contributed by atoms with Crippen molar-refractivity contribution in [2.75, 3.05) is 26.2 Å². The van der Waals surface area contributed by atoms with Crippen LogP contribution < -0.4 is 10.9 Å². The lowest BCUT2D eigenvalue weighted by atomic mass is 10.1. The third-order valence-corrected chi connectivity index (χ3v) is 5.89. The molecule has 0 unspecified atom stereocenters. The van der Waals surface area contributed by atoms with Crippen molar-refractivity contribution >= 4 is 16.9 Å². The monoisotopic (exact) mass is 420 g/mol. The first-order valence-corrected chi connectivity index (χ1v) is 10.9. The Hall–Kier alpha value is -2.99. The summed E-state index contributed by atoms with van der Waals surface area (Å²) in [6.45, 7) is 13.9. The number of amides is 1. The highest BCUT2D eigenvalue weighted by Gasteiger charge is 2.11. The third kappa shape index (κ3) is 5.20. The molecule has 0 saturated carbocycles. The summed E-state index contributed by atoms with van der Waals surface area (Å²) < 4.78 is 1.77. The minimum absolute atomic E-state index is 0.0767. The lowest BCUT2D eigenvalue weighted by Gasteiger charge is -2.18. The fraction of sp³-hybridized carbons (Fsp3) is 0.400. The number of rotatable bonds is 8. The third-order valence-electron chi connectivity index (χ3n) is 5.89. The van der Waals surface area contributed by atoms with Crippen LogP contribution in [0.15, 0.2) is 41.2 Å². The fourth-order valence-electron chi connectivity index (χ4n) is 3.70. The molecule has 0 radical (unpaired) electrons. The molecule has 0 spiro atoms. The van der Waals surface area contributed by atoms with Crippen LogP contribution in [0, 0.1) is 20.8 Å². The molecule has 6 heteroatoms. The Bertz CT molecular complexity index is 1130. The van der Waals surface area contributed by atoms with Gasteiger partial charge in [-0.15, -0.1) is 0 Å². The van der Waals surface area contributed by atoms with Crippen molar-refractivity contribution in [2.45, 2.75) is 41.2 Å². The summed E-state index contributed by atoms with van der Waals surface area (Å²) in [6, 6.07) is 11.5. The molecule has 0 aliphatic rings. The molecule has 0 aliphatic heterocycles. The smallest absolute Gasteiger partial charge is 0.272 e. The maximum absolute atomic E-state index is 12.8.